The monoisotopic (exact) mass is 387 g/mol. The van der Waals surface area contributed by atoms with Gasteiger partial charge in [-0.25, -0.2) is 0 Å². The summed E-state index contributed by atoms with van der Waals surface area (Å²) in [7, 11) is 1.71. The molecule has 27 heavy (non-hydrogen) atoms. The van der Waals surface area contributed by atoms with Crippen molar-refractivity contribution in [2.24, 2.45) is 5.73 Å². The molecule has 0 unspecified atom stereocenters. The van der Waals surface area contributed by atoms with Crippen LogP contribution in [0.1, 0.15) is 35.2 Å². The van der Waals surface area contributed by atoms with Crippen LogP contribution in [0.15, 0.2) is 54.6 Å². The molecule has 0 spiro atoms. The molecular formula is C21H26ClN3O2. The van der Waals surface area contributed by atoms with Crippen LogP contribution in [0.2, 0.25) is 0 Å². The summed E-state index contributed by atoms with van der Waals surface area (Å²) in [5, 5.41) is 0. The van der Waals surface area contributed by atoms with E-state index >= 15 is 0 Å². The van der Waals surface area contributed by atoms with E-state index in [9.17, 15) is 9.59 Å². The number of amides is 2. The summed E-state index contributed by atoms with van der Waals surface area (Å²) in [5.74, 6) is 0.0260. The summed E-state index contributed by atoms with van der Waals surface area (Å²) in [6, 6.07) is 17.2. The Bertz CT molecular complexity index is 797. The molecule has 144 valence electrons. The summed E-state index contributed by atoms with van der Waals surface area (Å²) >= 11 is 0. The van der Waals surface area contributed by atoms with Gasteiger partial charge in [0.15, 0.2) is 0 Å². The van der Waals surface area contributed by atoms with Crippen molar-refractivity contribution in [2.75, 3.05) is 25.0 Å². The van der Waals surface area contributed by atoms with Crippen LogP contribution in [0.4, 0.5) is 5.69 Å². The van der Waals surface area contributed by atoms with Crippen molar-refractivity contribution in [1.82, 2.24) is 4.90 Å². The molecule has 0 radical (unpaired) electrons. The Kier molecular flexibility index (Phi) is 6.99. The fourth-order valence-electron chi connectivity index (χ4n) is 3.54. The Balaban J connectivity index is 0.00000261. The summed E-state index contributed by atoms with van der Waals surface area (Å²) in [6.07, 6.45) is 0.393. The van der Waals surface area contributed by atoms with E-state index in [1.165, 1.54) is 0 Å². The molecule has 0 aliphatic carbocycles. The maximum absolute atomic E-state index is 13.1. The van der Waals surface area contributed by atoms with Crippen molar-refractivity contribution in [3.05, 3.63) is 65.7 Å². The van der Waals surface area contributed by atoms with Crippen molar-refractivity contribution in [2.45, 2.75) is 25.3 Å². The molecule has 5 nitrogen and oxygen atoms in total. The van der Waals surface area contributed by atoms with Gasteiger partial charge >= 0.3 is 0 Å². The Morgan fingerprint density at radius 3 is 2.37 bits per heavy atom. The van der Waals surface area contributed by atoms with Crippen LogP contribution in [-0.2, 0) is 4.79 Å². The highest BCUT2D eigenvalue weighted by Gasteiger charge is 2.35. The Morgan fingerprint density at radius 1 is 1.07 bits per heavy atom. The summed E-state index contributed by atoms with van der Waals surface area (Å²) < 4.78 is 0. The summed E-state index contributed by atoms with van der Waals surface area (Å²) in [5.41, 5.74) is 8.66. The fourth-order valence-corrected chi connectivity index (χ4v) is 3.54. The highest BCUT2D eigenvalue weighted by atomic mass is 35.5. The number of carbonyl (C=O) groups excluding carboxylic acids is 2. The first-order chi connectivity index (χ1) is 12.5. The van der Waals surface area contributed by atoms with Gasteiger partial charge in [-0.2, -0.15) is 0 Å². The Hall–Kier alpha value is -2.37. The number of benzene rings is 2. The van der Waals surface area contributed by atoms with Gasteiger partial charge < -0.3 is 15.5 Å². The van der Waals surface area contributed by atoms with Gasteiger partial charge in [-0.05, 0) is 17.7 Å². The third-order valence-electron chi connectivity index (χ3n) is 5.05. The molecular weight excluding hydrogens is 362 g/mol. The van der Waals surface area contributed by atoms with Crippen molar-refractivity contribution < 1.29 is 9.59 Å². The predicted molar refractivity (Wildman–Crippen MR) is 110 cm³/mol. The van der Waals surface area contributed by atoms with Gasteiger partial charge in [-0.1, -0.05) is 49.4 Å². The molecule has 1 heterocycles. The van der Waals surface area contributed by atoms with Crippen LogP contribution in [0, 0.1) is 0 Å². The van der Waals surface area contributed by atoms with Crippen LogP contribution in [0.25, 0.3) is 0 Å². The number of carbonyl (C=O) groups is 2. The molecule has 6 heteroatoms. The number of likely N-dealkylation sites (tertiary alicyclic amines) is 1. The molecule has 1 aliphatic rings. The lowest BCUT2D eigenvalue weighted by Crippen LogP contribution is -2.34. The van der Waals surface area contributed by atoms with Gasteiger partial charge in [-0.3, -0.25) is 9.59 Å². The average Bonchev–Trinajstić information content (AvgIpc) is 3.08. The molecule has 2 atom stereocenters. The number of anilines is 1. The van der Waals surface area contributed by atoms with E-state index in [1.807, 2.05) is 43.3 Å². The number of halogens is 1. The van der Waals surface area contributed by atoms with Gasteiger partial charge in [0.1, 0.15) is 0 Å². The van der Waals surface area contributed by atoms with E-state index < -0.39 is 0 Å². The molecule has 1 saturated heterocycles. The first-order valence-corrected chi connectivity index (χ1v) is 8.98. The molecule has 0 saturated carbocycles. The lowest BCUT2D eigenvalue weighted by atomic mass is 9.95. The molecule has 1 fully saturated rings. The molecule has 2 aromatic rings. The van der Waals surface area contributed by atoms with Crippen molar-refractivity contribution >= 4 is 29.9 Å². The minimum absolute atomic E-state index is 0. The zero-order chi connectivity index (χ0) is 18.7. The second-order valence-electron chi connectivity index (χ2n) is 6.71. The normalized spacial score (nSPS) is 18.7. The number of para-hydroxylation sites is 1. The molecule has 2 N–H and O–H groups in total. The van der Waals surface area contributed by atoms with Crippen LogP contribution in [-0.4, -0.2) is 42.9 Å². The van der Waals surface area contributed by atoms with Gasteiger partial charge in [-0.15, -0.1) is 12.4 Å². The Morgan fingerprint density at radius 2 is 1.70 bits per heavy atom. The molecule has 2 amide bonds. The summed E-state index contributed by atoms with van der Waals surface area (Å²) in [4.78, 5) is 28.6. The zero-order valence-electron chi connectivity index (χ0n) is 15.7. The number of nitrogens with two attached hydrogens (primary N) is 1. The van der Waals surface area contributed by atoms with Gasteiger partial charge in [0.2, 0.25) is 5.91 Å². The molecule has 0 bridgehead atoms. The standard InChI is InChI=1S/C21H25N3O2.ClH/c1-3-20(25)23(2)19-12-8-7-11-16(19)21(26)24-13-17(18(22)14-24)15-9-5-4-6-10-15;/h4-12,17-18H,3,13-14,22H2,1-2H3;1H/t17-,18+;/m0./s1. The van der Waals surface area contributed by atoms with E-state index in [2.05, 4.69) is 12.1 Å². The largest absolute Gasteiger partial charge is 0.336 e. The number of rotatable bonds is 4. The average molecular weight is 388 g/mol. The molecule has 1 aliphatic heterocycles. The smallest absolute Gasteiger partial charge is 0.256 e. The third-order valence-corrected chi connectivity index (χ3v) is 5.05. The van der Waals surface area contributed by atoms with Crippen molar-refractivity contribution in [3.63, 3.8) is 0 Å². The highest BCUT2D eigenvalue weighted by molar-refractivity contribution is 6.04. The van der Waals surface area contributed by atoms with Crippen LogP contribution >= 0.6 is 12.4 Å². The van der Waals surface area contributed by atoms with Crippen LogP contribution in [0.3, 0.4) is 0 Å². The molecule has 2 aromatic carbocycles. The first kappa shape index (κ1) is 20.9. The molecule has 3 rings (SSSR count). The second-order valence-corrected chi connectivity index (χ2v) is 6.71. The van der Waals surface area contributed by atoms with Crippen LogP contribution < -0.4 is 10.6 Å². The predicted octanol–water partition coefficient (Wildman–Crippen LogP) is 3.05. The minimum Gasteiger partial charge on any atom is -0.336 e. The fraction of sp³-hybridized carbons (Fsp3) is 0.333. The van der Waals surface area contributed by atoms with E-state index in [1.54, 1.807) is 22.9 Å². The van der Waals surface area contributed by atoms with Crippen molar-refractivity contribution in [3.8, 4) is 0 Å². The number of hydrogen-bond donors (Lipinski definition) is 1. The van der Waals surface area contributed by atoms with Gasteiger partial charge in [0, 0.05) is 38.5 Å². The zero-order valence-corrected chi connectivity index (χ0v) is 16.5. The van der Waals surface area contributed by atoms with Crippen molar-refractivity contribution in [1.29, 1.82) is 0 Å². The topological polar surface area (TPSA) is 66.6 Å². The van der Waals surface area contributed by atoms with Gasteiger partial charge in [0.05, 0.1) is 11.3 Å². The second kappa shape index (κ2) is 9.02. The molecule has 0 aromatic heterocycles. The van der Waals surface area contributed by atoms with E-state index in [0.717, 1.165) is 5.56 Å². The van der Waals surface area contributed by atoms with Gasteiger partial charge in [0.25, 0.3) is 5.91 Å². The quantitative estimate of drug-likeness (QED) is 0.876. The summed E-state index contributed by atoms with van der Waals surface area (Å²) in [6.45, 7) is 2.91. The first-order valence-electron chi connectivity index (χ1n) is 8.98. The van der Waals surface area contributed by atoms with Crippen LogP contribution in [0.5, 0.6) is 0 Å². The number of nitrogens with zero attached hydrogens (tertiary/aromatic N) is 2. The maximum Gasteiger partial charge on any atom is 0.256 e. The third kappa shape index (κ3) is 4.31. The van der Waals surface area contributed by atoms with E-state index in [0.29, 0.717) is 30.8 Å². The maximum atomic E-state index is 13.1. The SMILES string of the molecule is CCC(=O)N(C)c1ccccc1C(=O)N1C[C@@H](N)[C@H](c2ccccc2)C1.Cl. The lowest BCUT2D eigenvalue weighted by molar-refractivity contribution is -0.118. The Labute approximate surface area is 166 Å². The minimum atomic E-state index is -0.0940. The number of hydrogen-bond acceptors (Lipinski definition) is 3. The van der Waals surface area contributed by atoms with E-state index in [-0.39, 0.29) is 36.2 Å². The lowest BCUT2D eigenvalue weighted by Gasteiger charge is -2.23. The highest BCUT2D eigenvalue weighted by Crippen LogP contribution is 2.29. The van der Waals surface area contributed by atoms with E-state index in [4.69, 9.17) is 5.73 Å².